The molecule has 0 aliphatic heterocycles. The van der Waals surface area contributed by atoms with E-state index >= 15 is 0 Å². The Morgan fingerprint density at radius 3 is 2.30 bits per heavy atom. The molecule has 2 aromatic rings. The first kappa shape index (κ1) is 14.1. The molecule has 0 unspecified atom stereocenters. The standard InChI is InChI=1S/C12H10F3N3O2/c13-12(14,15)20-10-3-1-9(2-4-10)19-11-7-17-6-8(5-16)18-11/h1-4,6-7H,5,16H2. The molecular weight excluding hydrogens is 275 g/mol. The molecule has 0 saturated heterocycles. The number of hydrogen-bond donors (Lipinski definition) is 1. The number of ether oxygens (including phenoxy) is 2. The second-order valence-corrected chi connectivity index (χ2v) is 3.67. The van der Waals surface area contributed by atoms with Crippen LogP contribution in [0.2, 0.25) is 0 Å². The van der Waals surface area contributed by atoms with Gasteiger partial charge in [-0.15, -0.1) is 13.2 Å². The molecule has 8 heteroatoms. The summed E-state index contributed by atoms with van der Waals surface area (Å²) in [5.41, 5.74) is 5.95. The second-order valence-electron chi connectivity index (χ2n) is 3.67. The first-order valence-corrected chi connectivity index (χ1v) is 5.51. The van der Waals surface area contributed by atoms with Crippen LogP contribution in [0.25, 0.3) is 0 Å². The Morgan fingerprint density at radius 1 is 1.05 bits per heavy atom. The van der Waals surface area contributed by atoms with Gasteiger partial charge in [0.25, 0.3) is 0 Å². The van der Waals surface area contributed by atoms with E-state index < -0.39 is 6.36 Å². The van der Waals surface area contributed by atoms with E-state index in [4.69, 9.17) is 10.5 Å². The average Bonchev–Trinajstić information content (AvgIpc) is 2.40. The smallest absolute Gasteiger partial charge is 0.437 e. The molecule has 1 aromatic carbocycles. The summed E-state index contributed by atoms with van der Waals surface area (Å²) in [6.45, 7) is 0.211. The van der Waals surface area contributed by atoms with Crippen LogP contribution < -0.4 is 15.2 Å². The van der Waals surface area contributed by atoms with Gasteiger partial charge in [-0.3, -0.25) is 4.98 Å². The van der Waals surface area contributed by atoms with Crippen LogP contribution in [0, 0.1) is 0 Å². The third-order valence-electron chi connectivity index (χ3n) is 2.15. The lowest BCUT2D eigenvalue weighted by Gasteiger charge is -2.09. The molecule has 0 saturated carbocycles. The fourth-order valence-corrected chi connectivity index (χ4v) is 1.36. The Morgan fingerprint density at radius 2 is 1.70 bits per heavy atom. The third kappa shape index (κ3) is 4.09. The molecule has 2 N–H and O–H groups in total. The number of nitrogens with two attached hydrogens (primary N) is 1. The minimum atomic E-state index is -4.72. The summed E-state index contributed by atoms with van der Waals surface area (Å²) in [5, 5.41) is 0. The lowest BCUT2D eigenvalue weighted by molar-refractivity contribution is -0.274. The van der Waals surface area contributed by atoms with E-state index in [0.29, 0.717) is 11.4 Å². The van der Waals surface area contributed by atoms with Crippen LogP contribution in [-0.2, 0) is 6.54 Å². The van der Waals surface area contributed by atoms with Crippen LogP contribution in [0.4, 0.5) is 13.2 Å². The summed E-state index contributed by atoms with van der Waals surface area (Å²) in [6.07, 6.45) is -1.85. The quantitative estimate of drug-likeness (QED) is 0.935. The molecule has 1 heterocycles. The van der Waals surface area contributed by atoms with Crippen molar-refractivity contribution in [2.75, 3.05) is 0 Å². The van der Waals surface area contributed by atoms with Gasteiger partial charge in [-0.25, -0.2) is 4.98 Å². The molecule has 20 heavy (non-hydrogen) atoms. The van der Waals surface area contributed by atoms with Gasteiger partial charge in [0, 0.05) is 12.7 Å². The molecule has 0 radical (unpaired) electrons. The van der Waals surface area contributed by atoms with Crippen LogP contribution in [0.5, 0.6) is 17.4 Å². The van der Waals surface area contributed by atoms with E-state index in [1.165, 1.54) is 24.5 Å². The highest BCUT2D eigenvalue weighted by molar-refractivity contribution is 5.33. The number of hydrogen-bond acceptors (Lipinski definition) is 5. The number of aromatic nitrogens is 2. The van der Waals surface area contributed by atoms with Crippen molar-refractivity contribution in [3.05, 3.63) is 42.4 Å². The van der Waals surface area contributed by atoms with Gasteiger partial charge in [-0.05, 0) is 24.3 Å². The van der Waals surface area contributed by atoms with Gasteiger partial charge in [-0.1, -0.05) is 0 Å². The Kier molecular flexibility index (Phi) is 4.04. The van der Waals surface area contributed by atoms with Gasteiger partial charge in [0.2, 0.25) is 5.88 Å². The minimum Gasteiger partial charge on any atom is -0.437 e. The molecule has 1 aromatic heterocycles. The van der Waals surface area contributed by atoms with Crippen LogP contribution in [0.3, 0.4) is 0 Å². The summed E-state index contributed by atoms with van der Waals surface area (Å²) in [7, 11) is 0. The van der Waals surface area contributed by atoms with Crippen molar-refractivity contribution in [1.82, 2.24) is 9.97 Å². The maximum atomic E-state index is 12.0. The molecule has 0 aliphatic rings. The molecule has 0 atom stereocenters. The number of benzene rings is 1. The molecule has 0 fully saturated rings. The summed E-state index contributed by atoms with van der Waals surface area (Å²) < 4.78 is 45.0. The van der Waals surface area contributed by atoms with Crippen molar-refractivity contribution in [3.8, 4) is 17.4 Å². The summed E-state index contributed by atoms with van der Waals surface area (Å²) in [4.78, 5) is 7.92. The van der Waals surface area contributed by atoms with Crippen molar-refractivity contribution in [2.45, 2.75) is 12.9 Å². The largest absolute Gasteiger partial charge is 0.573 e. The van der Waals surface area contributed by atoms with Crippen molar-refractivity contribution in [3.63, 3.8) is 0 Å². The molecule has 0 spiro atoms. The van der Waals surface area contributed by atoms with Crippen LogP contribution in [0.15, 0.2) is 36.7 Å². The molecular formula is C12H10F3N3O2. The predicted molar refractivity (Wildman–Crippen MR) is 63.1 cm³/mol. The van der Waals surface area contributed by atoms with Gasteiger partial charge in [-0.2, -0.15) is 0 Å². The van der Waals surface area contributed by atoms with Gasteiger partial charge < -0.3 is 15.2 Å². The first-order valence-electron chi connectivity index (χ1n) is 5.51. The van der Waals surface area contributed by atoms with Gasteiger partial charge >= 0.3 is 6.36 Å². The fraction of sp³-hybridized carbons (Fsp3) is 0.167. The summed E-state index contributed by atoms with van der Waals surface area (Å²) in [6, 6.07) is 4.95. The number of halogens is 3. The monoisotopic (exact) mass is 285 g/mol. The highest BCUT2D eigenvalue weighted by Crippen LogP contribution is 2.26. The van der Waals surface area contributed by atoms with E-state index in [0.717, 1.165) is 12.1 Å². The number of nitrogens with zero attached hydrogens (tertiary/aromatic N) is 2. The van der Waals surface area contributed by atoms with Crippen molar-refractivity contribution < 1.29 is 22.6 Å². The highest BCUT2D eigenvalue weighted by Gasteiger charge is 2.30. The molecule has 5 nitrogen and oxygen atoms in total. The molecule has 0 aliphatic carbocycles. The average molecular weight is 285 g/mol. The SMILES string of the molecule is NCc1cncc(Oc2ccc(OC(F)(F)F)cc2)n1. The van der Waals surface area contributed by atoms with Gasteiger partial charge in [0.05, 0.1) is 11.9 Å². The molecule has 0 amide bonds. The van der Waals surface area contributed by atoms with Crippen LogP contribution in [-0.4, -0.2) is 16.3 Å². The van der Waals surface area contributed by atoms with Crippen molar-refractivity contribution >= 4 is 0 Å². The van der Waals surface area contributed by atoms with Gasteiger partial charge in [0.15, 0.2) is 0 Å². The maximum absolute atomic E-state index is 12.0. The van der Waals surface area contributed by atoms with E-state index in [1.54, 1.807) is 0 Å². The van der Waals surface area contributed by atoms with Crippen molar-refractivity contribution in [1.29, 1.82) is 0 Å². The second kappa shape index (κ2) is 5.74. The van der Waals surface area contributed by atoms with E-state index in [1.807, 2.05) is 0 Å². The Hall–Kier alpha value is -2.35. The van der Waals surface area contributed by atoms with E-state index in [9.17, 15) is 13.2 Å². The zero-order valence-corrected chi connectivity index (χ0v) is 10.1. The lowest BCUT2D eigenvalue weighted by atomic mass is 10.3. The minimum absolute atomic E-state index is 0.206. The van der Waals surface area contributed by atoms with Crippen molar-refractivity contribution in [2.24, 2.45) is 5.73 Å². The highest BCUT2D eigenvalue weighted by atomic mass is 19.4. The van der Waals surface area contributed by atoms with Crippen LogP contribution in [0.1, 0.15) is 5.69 Å². The topological polar surface area (TPSA) is 70.3 Å². The zero-order valence-electron chi connectivity index (χ0n) is 10.1. The third-order valence-corrected chi connectivity index (χ3v) is 2.15. The predicted octanol–water partition coefficient (Wildman–Crippen LogP) is 2.63. The fourth-order valence-electron chi connectivity index (χ4n) is 1.36. The first-order chi connectivity index (χ1) is 9.46. The zero-order chi connectivity index (χ0) is 14.6. The van der Waals surface area contributed by atoms with Gasteiger partial charge in [0.1, 0.15) is 11.5 Å². The summed E-state index contributed by atoms with van der Waals surface area (Å²) >= 11 is 0. The molecule has 0 bridgehead atoms. The van der Waals surface area contributed by atoms with Crippen LogP contribution >= 0.6 is 0 Å². The lowest BCUT2D eigenvalue weighted by Crippen LogP contribution is -2.16. The number of alkyl halides is 3. The molecule has 2 rings (SSSR count). The van der Waals surface area contributed by atoms with E-state index in [2.05, 4.69) is 14.7 Å². The molecule has 106 valence electrons. The Bertz CT molecular complexity index is 573. The summed E-state index contributed by atoms with van der Waals surface area (Å²) in [5.74, 6) is 0.187. The maximum Gasteiger partial charge on any atom is 0.573 e. The Labute approximate surface area is 112 Å². The number of rotatable bonds is 4. The normalized spacial score (nSPS) is 11.2. The van der Waals surface area contributed by atoms with E-state index in [-0.39, 0.29) is 18.2 Å². The Balaban J connectivity index is 2.06.